The molecule has 2 aromatic rings. The maximum Gasteiger partial charge on any atom is 0.319 e. The number of benzene rings is 1. The summed E-state index contributed by atoms with van der Waals surface area (Å²) in [5.41, 5.74) is 1.72. The average molecular weight is 383 g/mol. The second kappa shape index (κ2) is 7.26. The van der Waals surface area contributed by atoms with Crippen molar-refractivity contribution in [2.24, 2.45) is 0 Å². The molecule has 2 aliphatic rings. The van der Waals surface area contributed by atoms with Gasteiger partial charge in [-0.2, -0.15) is 0 Å². The van der Waals surface area contributed by atoms with Gasteiger partial charge in [0, 0.05) is 25.1 Å². The summed E-state index contributed by atoms with van der Waals surface area (Å²) in [6, 6.07) is 4.47. The third-order valence-electron chi connectivity index (χ3n) is 4.69. The Labute approximate surface area is 161 Å². The molecule has 1 aromatic heterocycles. The normalized spacial score (nSPS) is 18.4. The smallest absolute Gasteiger partial charge is 0.319 e. The minimum atomic E-state index is -0.601. The summed E-state index contributed by atoms with van der Waals surface area (Å²) in [6.45, 7) is 3.00. The molecule has 0 unspecified atom stereocenters. The van der Waals surface area contributed by atoms with Crippen LogP contribution < -0.4 is 20.1 Å². The van der Waals surface area contributed by atoms with E-state index >= 15 is 0 Å². The molecule has 9 heteroatoms. The Bertz CT molecular complexity index is 938. The van der Waals surface area contributed by atoms with E-state index in [1.165, 1.54) is 0 Å². The van der Waals surface area contributed by atoms with Gasteiger partial charge in [-0.1, -0.05) is 6.07 Å². The molecule has 1 aromatic carbocycles. The molecule has 0 saturated heterocycles. The van der Waals surface area contributed by atoms with Crippen LogP contribution in [-0.2, 0) is 11.3 Å². The van der Waals surface area contributed by atoms with E-state index in [9.17, 15) is 9.59 Å². The Morgan fingerprint density at radius 1 is 1.29 bits per heavy atom. The molecule has 0 spiro atoms. The summed E-state index contributed by atoms with van der Waals surface area (Å²) >= 11 is 0. The quantitative estimate of drug-likeness (QED) is 0.741. The van der Waals surface area contributed by atoms with Gasteiger partial charge >= 0.3 is 6.03 Å². The van der Waals surface area contributed by atoms with Gasteiger partial charge in [-0.25, -0.2) is 9.78 Å². The number of amides is 3. The van der Waals surface area contributed by atoms with Crippen LogP contribution in [0.15, 0.2) is 41.9 Å². The van der Waals surface area contributed by atoms with Crippen LogP contribution in [0.1, 0.15) is 24.4 Å². The number of aromatic nitrogens is 2. The SMILES string of the molecule is CC1=C(C(=O)N(C)Cc2ncc[nH]2)[C@@H](c2ccc3c(c2)OCCO3)NC(=O)N1. The standard InChI is InChI=1S/C19H21N5O4/c1-11-16(18(25)24(2)10-15-20-5-6-21-15)17(23-19(26)22-11)12-3-4-13-14(9-12)28-8-7-27-13/h3-6,9,17H,7-8,10H2,1-2H3,(H,20,21)(H2,22,23,26)/t17-/m1/s1. The summed E-state index contributed by atoms with van der Waals surface area (Å²) in [5.74, 6) is 1.72. The molecule has 0 aliphatic carbocycles. The highest BCUT2D eigenvalue weighted by Crippen LogP contribution is 2.36. The highest BCUT2D eigenvalue weighted by Gasteiger charge is 2.33. The second-order valence-corrected chi connectivity index (χ2v) is 6.67. The number of nitrogens with one attached hydrogen (secondary N) is 3. The van der Waals surface area contributed by atoms with Crippen molar-refractivity contribution in [1.29, 1.82) is 0 Å². The number of aromatic amines is 1. The fourth-order valence-electron chi connectivity index (χ4n) is 3.35. The number of ether oxygens (including phenoxy) is 2. The van der Waals surface area contributed by atoms with Crippen molar-refractivity contribution in [1.82, 2.24) is 25.5 Å². The molecule has 2 aliphatic heterocycles. The number of imidazole rings is 1. The Balaban J connectivity index is 1.65. The van der Waals surface area contributed by atoms with Crippen LogP contribution in [-0.4, -0.2) is 47.1 Å². The van der Waals surface area contributed by atoms with Crippen LogP contribution in [0.2, 0.25) is 0 Å². The molecule has 3 amide bonds. The van der Waals surface area contributed by atoms with Crippen molar-refractivity contribution in [3.8, 4) is 11.5 Å². The summed E-state index contributed by atoms with van der Waals surface area (Å²) in [7, 11) is 1.70. The molecule has 1 atom stereocenters. The van der Waals surface area contributed by atoms with Crippen LogP contribution in [0.3, 0.4) is 0 Å². The largest absolute Gasteiger partial charge is 0.486 e. The third-order valence-corrected chi connectivity index (χ3v) is 4.69. The molecule has 3 N–H and O–H groups in total. The molecule has 0 radical (unpaired) electrons. The van der Waals surface area contributed by atoms with Crippen molar-refractivity contribution < 1.29 is 19.1 Å². The lowest BCUT2D eigenvalue weighted by atomic mass is 9.94. The lowest BCUT2D eigenvalue weighted by molar-refractivity contribution is -0.127. The van der Waals surface area contributed by atoms with Gasteiger partial charge in [0.25, 0.3) is 5.91 Å². The number of likely N-dealkylation sites (N-methyl/N-ethyl adjacent to an activating group) is 1. The number of H-pyrrole nitrogens is 1. The van der Waals surface area contributed by atoms with Gasteiger partial charge in [0.1, 0.15) is 19.0 Å². The Morgan fingerprint density at radius 3 is 2.82 bits per heavy atom. The Hall–Kier alpha value is -3.49. The highest BCUT2D eigenvalue weighted by molar-refractivity contribution is 5.98. The topological polar surface area (TPSA) is 109 Å². The zero-order valence-electron chi connectivity index (χ0n) is 15.6. The van der Waals surface area contributed by atoms with E-state index in [1.54, 1.807) is 43.4 Å². The Kier molecular flexibility index (Phi) is 4.64. The molecule has 9 nitrogen and oxygen atoms in total. The summed E-state index contributed by atoms with van der Waals surface area (Å²) in [6.07, 6.45) is 3.34. The average Bonchev–Trinajstić information content (AvgIpc) is 3.19. The minimum Gasteiger partial charge on any atom is -0.486 e. The predicted octanol–water partition coefficient (Wildman–Crippen LogP) is 1.47. The van der Waals surface area contributed by atoms with Crippen LogP contribution in [0, 0.1) is 0 Å². The zero-order chi connectivity index (χ0) is 19.7. The molecular weight excluding hydrogens is 362 g/mol. The number of nitrogens with zero attached hydrogens (tertiary/aromatic N) is 2. The van der Waals surface area contributed by atoms with E-state index in [1.807, 2.05) is 6.07 Å². The first-order valence-corrected chi connectivity index (χ1v) is 8.94. The summed E-state index contributed by atoms with van der Waals surface area (Å²) < 4.78 is 11.2. The third kappa shape index (κ3) is 3.38. The van der Waals surface area contributed by atoms with E-state index in [0.29, 0.717) is 48.4 Å². The molecule has 28 heavy (non-hydrogen) atoms. The number of carbonyl (C=O) groups excluding carboxylic acids is 2. The maximum absolute atomic E-state index is 13.2. The first-order chi connectivity index (χ1) is 13.5. The molecule has 0 bridgehead atoms. The van der Waals surface area contributed by atoms with Gasteiger partial charge in [0.05, 0.1) is 18.2 Å². The van der Waals surface area contributed by atoms with Gasteiger partial charge in [-0.05, 0) is 24.6 Å². The van der Waals surface area contributed by atoms with Crippen molar-refractivity contribution >= 4 is 11.9 Å². The number of fused-ring (bicyclic) bond motifs is 1. The van der Waals surface area contributed by atoms with E-state index in [-0.39, 0.29) is 11.9 Å². The van der Waals surface area contributed by atoms with E-state index in [4.69, 9.17) is 9.47 Å². The lowest BCUT2D eigenvalue weighted by Crippen LogP contribution is -2.47. The first kappa shape index (κ1) is 17.9. The van der Waals surface area contributed by atoms with Gasteiger partial charge in [-0.3, -0.25) is 4.79 Å². The van der Waals surface area contributed by atoms with Crippen molar-refractivity contribution in [3.05, 3.63) is 53.3 Å². The predicted molar refractivity (Wildman–Crippen MR) is 99.6 cm³/mol. The van der Waals surface area contributed by atoms with E-state index in [2.05, 4.69) is 20.6 Å². The monoisotopic (exact) mass is 383 g/mol. The molecule has 0 fully saturated rings. The number of rotatable bonds is 4. The van der Waals surface area contributed by atoms with Gasteiger partial charge in [0.15, 0.2) is 11.5 Å². The number of carbonyl (C=O) groups is 2. The number of hydrogen-bond donors (Lipinski definition) is 3. The number of hydrogen-bond acceptors (Lipinski definition) is 5. The fraction of sp³-hybridized carbons (Fsp3) is 0.316. The molecule has 4 rings (SSSR count). The second-order valence-electron chi connectivity index (χ2n) is 6.67. The van der Waals surface area contributed by atoms with Crippen LogP contribution in [0.4, 0.5) is 4.79 Å². The lowest BCUT2D eigenvalue weighted by Gasteiger charge is -2.31. The van der Waals surface area contributed by atoms with Gasteiger partial charge in [0.2, 0.25) is 0 Å². The van der Waals surface area contributed by atoms with Crippen LogP contribution in [0.5, 0.6) is 11.5 Å². The first-order valence-electron chi connectivity index (χ1n) is 8.94. The van der Waals surface area contributed by atoms with Crippen molar-refractivity contribution in [3.63, 3.8) is 0 Å². The maximum atomic E-state index is 13.2. The fourth-order valence-corrected chi connectivity index (χ4v) is 3.35. The van der Waals surface area contributed by atoms with E-state index < -0.39 is 6.04 Å². The molecular formula is C19H21N5O4. The van der Waals surface area contributed by atoms with Crippen molar-refractivity contribution in [2.45, 2.75) is 19.5 Å². The summed E-state index contributed by atoms with van der Waals surface area (Å²) in [4.78, 5) is 34.0. The molecule has 3 heterocycles. The summed E-state index contributed by atoms with van der Waals surface area (Å²) in [5, 5.41) is 5.53. The molecule has 0 saturated carbocycles. The molecule has 146 valence electrons. The van der Waals surface area contributed by atoms with Gasteiger partial charge < -0.3 is 30.0 Å². The van der Waals surface area contributed by atoms with Gasteiger partial charge in [-0.15, -0.1) is 0 Å². The van der Waals surface area contributed by atoms with E-state index in [0.717, 1.165) is 5.56 Å². The number of allylic oxidation sites excluding steroid dienone is 1. The minimum absolute atomic E-state index is 0.207. The zero-order valence-corrected chi connectivity index (χ0v) is 15.6. The van der Waals surface area contributed by atoms with Crippen molar-refractivity contribution in [2.75, 3.05) is 20.3 Å². The van der Waals surface area contributed by atoms with Crippen LogP contribution >= 0.6 is 0 Å². The Morgan fingerprint density at radius 2 is 2.07 bits per heavy atom. The van der Waals surface area contributed by atoms with Crippen LogP contribution in [0.25, 0.3) is 0 Å². The number of urea groups is 1. The highest BCUT2D eigenvalue weighted by atomic mass is 16.6.